The lowest BCUT2D eigenvalue weighted by Gasteiger charge is -2.27. The number of likely N-dealkylation sites (tertiary alicyclic amines) is 1. The monoisotopic (exact) mass is 669 g/mol. The number of β-amino-alcohol motifs (C(OH)–C–C–N with tert-alkyl or cyclic N) is 1. The number of amides is 2. The lowest BCUT2D eigenvalue weighted by molar-refractivity contribution is -0.138. The molecule has 1 fully saturated rings. The van der Waals surface area contributed by atoms with Crippen LogP contribution in [0.2, 0.25) is 0 Å². The van der Waals surface area contributed by atoms with Gasteiger partial charge in [-0.15, -0.1) is 4.99 Å². The standard InChI is InChI=1S/C32H46F3N5O7/c1-8-9-10-11-12-13-16-44-24-15-14-20(17-22(24)32(33,34)35)25-36-26(47-39-25)23-18-21(41)19-40(23)27(37-28(42)45-30(2,3)4)38-29(43)46-31(5,6)7/h14-15,17,21,23,41H,8-13,16,18-19H2,1-7H3,(H,37,38,42,43)/t21-,23+/m1/s1. The molecule has 3 rings (SSSR count). The minimum absolute atomic E-state index is 0.0179. The van der Waals surface area contributed by atoms with Crippen LogP contribution in [-0.4, -0.2) is 68.8 Å². The summed E-state index contributed by atoms with van der Waals surface area (Å²) in [6.45, 7) is 12.0. The van der Waals surface area contributed by atoms with Gasteiger partial charge >= 0.3 is 18.4 Å². The molecule has 0 bridgehead atoms. The van der Waals surface area contributed by atoms with Crippen molar-refractivity contribution in [2.24, 2.45) is 4.99 Å². The number of benzene rings is 1. The molecule has 262 valence electrons. The molecule has 47 heavy (non-hydrogen) atoms. The van der Waals surface area contributed by atoms with Crippen molar-refractivity contribution < 1.29 is 46.6 Å². The fraction of sp³-hybridized carbons (Fsp3) is 0.656. The highest BCUT2D eigenvalue weighted by molar-refractivity contribution is 5.99. The van der Waals surface area contributed by atoms with Gasteiger partial charge in [0.05, 0.1) is 18.3 Å². The van der Waals surface area contributed by atoms with E-state index in [1.165, 1.54) is 17.0 Å². The number of carbonyl (C=O) groups is 2. The maximum Gasteiger partial charge on any atom is 0.437 e. The second kappa shape index (κ2) is 15.8. The van der Waals surface area contributed by atoms with Crippen molar-refractivity contribution in [3.63, 3.8) is 0 Å². The number of alkyl carbamates (subject to hydrolysis) is 1. The predicted octanol–water partition coefficient (Wildman–Crippen LogP) is 7.42. The Labute approximate surface area is 273 Å². The van der Waals surface area contributed by atoms with Crippen LogP contribution < -0.4 is 10.1 Å². The first-order valence-electron chi connectivity index (χ1n) is 15.8. The summed E-state index contributed by atoms with van der Waals surface area (Å²) < 4.78 is 63.6. The first-order valence-corrected chi connectivity index (χ1v) is 15.8. The van der Waals surface area contributed by atoms with Crippen molar-refractivity contribution in [1.82, 2.24) is 20.4 Å². The Bertz CT molecular complexity index is 1380. The van der Waals surface area contributed by atoms with Gasteiger partial charge in [-0.25, -0.2) is 9.59 Å². The number of nitrogens with zero attached hydrogens (tertiary/aromatic N) is 4. The third kappa shape index (κ3) is 12.0. The Kier molecular flexibility index (Phi) is 12.6. The Balaban J connectivity index is 1.86. The van der Waals surface area contributed by atoms with Gasteiger partial charge in [0.2, 0.25) is 17.7 Å². The summed E-state index contributed by atoms with van der Waals surface area (Å²) in [5.74, 6) is -0.822. The van der Waals surface area contributed by atoms with Gasteiger partial charge in [-0.2, -0.15) is 18.2 Å². The number of carbonyl (C=O) groups excluding carboxylic acids is 2. The number of halogens is 3. The van der Waals surface area contributed by atoms with Crippen molar-refractivity contribution in [3.05, 3.63) is 29.7 Å². The number of guanidine groups is 1. The lowest BCUT2D eigenvalue weighted by Crippen LogP contribution is -2.46. The molecule has 0 unspecified atom stereocenters. The molecule has 15 heteroatoms. The smallest absolute Gasteiger partial charge is 0.437 e. The van der Waals surface area contributed by atoms with Crippen LogP contribution in [0.15, 0.2) is 27.7 Å². The second-order valence-corrected chi connectivity index (χ2v) is 13.4. The molecule has 0 saturated carbocycles. The molecular formula is C32H46F3N5O7. The molecule has 1 aromatic heterocycles. The van der Waals surface area contributed by atoms with Crippen LogP contribution >= 0.6 is 0 Å². The Morgan fingerprint density at radius 3 is 2.34 bits per heavy atom. The van der Waals surface area contributed by atoms with Gasteiger partial charge in [-0.05, 0) is 66.2 Å². The van der Waals surface area contributed by atoms with Crippen LogP contribution in [0.1, 0.15) is 111 Å². The molecule has 1 saturated heterocycles. The van der Waals surface area contributed by atoms with Crippen LogP contribution in [-0.2, 0) is 15.7 Å². The van der Waals surface area contributed by atoms with Gasteiger partial charge in [-0.1, -0.05) is 44.2 Å². The average molecular weight is 670 g/mol. The number of aromatic nitrogens is 2. The number of hydrogen-bond acceptors (Lipinski definition) is 9. The molecule has 2 amide bonds. The van der Waals surface area contributed by atoms with Crippen molar-refractivity contribution in [3.8, 4) is 17.1 Å². The van der Waals surface area contributed by atoms with Crippen molar-refractivity contribution in [1.29, 1.82) is 0 Å². The number of aliphatic hydroxyl groups is 1. The predicted molar refractivity (Wildman–Crippen MR) is 167 cm³/mol. The lowest BCUT2D eigenvalue weighted by atomic mass is 10.1. The SMILES string of the molecule is CCCCCCCCOc1ccc(-c2noc([C@@H]3C[C@@H](O)CN3/C(=N/C(=O)OC(C)(C)C)NC(=O)OC(C)(C)C)n2)cc1C(F)(F)F. The summed E-state index contributed by atoms with van der Waals surface area (Å²) in [5.41, 5.74) is -2.72. The highest BCUT2D eigenvalue weighted by Gasteiger charge is 2.40. The zero-order chi connectivity index (χ0) is 35.0. The number of unbranched alkanes of at least 4 members (excludes halogenated alkanes) is 5. The minimum Gasteiger partial charge on any atom is -0.493 e. The van der Waals surface area contributed by atoms with Gasteiger partial charge in [0.25, 0.3) is 0 Å². The number of aliphatic imine (C=N–C) groups is 1. The molecule has 1 aliphatic rings. The molecule has 12 nitrogen and oxygen atoms in total. The number of ether oxygens (including phenoxy) is 3. The zero-order valence-corrected chi connectivity index (χ0v) is 28.1. The first-order chi connectivity index (χ1) is 21.9. The van der Waals surface area contributed by atoms with Gasteiger partial charge in [0.1, 0.15) is 23.0 Å². The Morgan fingerprint density at radius 1 is 1.04 bits per heavy atom. The molecule has 0 aliphatic carbocycles. The molecule has 1 aliphatic heterocycles. The van der Waals surface area contributed by atoms with Crippen LogP contribution in [0.5, 0.6) is 5.75 Å². The van der Waals surface area contributed by atoms with E-state index in [-0.39, 0.29) is 48.6 Å². The van der Waals surface area contributed by atoms with E-state index >= 15 is 0 Å². The number of hydrogen-bond donors (Lipinski definition) is 2. The summed E-state index contributed by atoms with van der Waals surface area (Å²) >= 11 is 0. The quantitative estimate of drug-likeness (QED) is 0.149. The number of alkyl halides is 3. The Morgan fingerprint density at radius 2 is 1.70 bits per heavy atom. The molecule has 0 spiro atoms. The van der Waals surface area contributed by atoms with Crippen LogP contribution in [0, 0.1) is 0 Å². The number of rotatable bonds is 10. The van der Waals surface area contributed by atoms with Crippen LogP contribution in [0.25, 0.3) is 11.4 Å². The third-order valence-corrected chi connectivity index (χ3v) is 6.78. The Hall–Kier alpha value is -3.88. The number of nitrogens with one attached hydrogen (secondary N) is 1. The van der Waals surface area contributed by atoms with Gasteiger partial charge < -0.3 is 28.7 Å². The van der Waals surface area contributed by atoms with E-state index in [2.05, 4.69) is 27.4 Å². The van der Waals surface area contributed by atoms with Crippen molar-refractivity contribution >= 4 is 18.1 Å². The summed E-state index contributed by atoms with van der Waals surface area (Å²) in [6, 6.07) is 2.62. The van der Waals surface area contributed by atoms with E-state index in [1.807, 2.05) is 0 Å². The van der Waals surface area contributed by atoms with Crippen molar-refractivity contribution in [2.45, 2.75) is 123 Å². The fourth-order valence-corrected chi connectivity index (χ4v) is 4.78. The topological polar surface area (TPSA) is 149 Å². The molecule has 2 N–H and O–H groups in total. The molecule has 2 heterocycles. The van der Waals surface area contributed by atoms with Gasteiger partial charge in [-0.3, -0.25) is 5.32 Å². The van der Waals surface area contributed by atoms with Gasteiger partial charge in [0.15, 0.2) is 0 Å². The maximum absolute atomic E-state index is 14.0. The minimum atomic E-state index is -4.70. The summed E-state index contributed by atoms with van der Waals surface area (Å²) in [6.07, 6.45) is -1.77. The van der Waals surface area contributed by atoms with Crippen LogP contribution in [0.3, 0.4) is 0 Å². The van der Waals surface area contributed by atoms with E-state index in [0.717, 1.165) is 38.2 Å². The van der Waals surface area contributed by atoms with Crippen molar-refractivity contribution in [2.75, 3.05) is 13.2 Å². The van der Waals surface area contributed by atoms with E-state index in [1.54, 1.807) is 41.5 Å². The third-order valence-electron chi connectivity index (χ3n) is 6.78. The largest absolute Gasteiger partial charge is 0.493 e. The van der Waals surface area contributed by atoms with E-state index in [0.29, 0.717) is 6.42 Å². The van der Waals surface area contributed by atoms with E-state index in [9.17, 15) is 27.9 Å². The number of aliphatic hydroxyl groups excluding tert-OH is 1. The summed E-state index contributed by atoms with van der Waals surface area (Å²) in [5, 5.41) is 16.9. The summed E-state index contributed by atoms with van der Waals surface area (Å²) in [4.78, 5) is 34.9. The summed E-state index contributed by atoms with van der Waals surface area (Å²) in [7, 11) is 0. The maximum atomic E-state index is 14.0. The molecule has 0 radical (unpaired) electrons. The highest BCUT2D eigenvalue weighted by atomic mass is 19.4. The van der Waals surface area contributed by atoms with E-state index in [4.69, 9.17) is 18.7 Å². The normalized spacial score (nSPS) is 17.5. The molecular weight excluding hydrogens is 623 g/mol. The van der Waals surface area contributed by atoms with Gasteiger partial charge in [0, 0.05) is 18.5 Å². The second-order valence-electron chi connectivity index (χ2n) is 13.4. The highest BCUT2D eigenvalue weighted by Crippen LogP contribution is 2.39. The first kappa shape index (κ1) is 37.6. The zero-order valence-electron chi connectivity index (χ0n) is 28.1. The van der Waals surface area contributed by atoms with E-state index < -0.39 is 47.3 Å². The average Bonchev–Trinajstić information content (AvgIpc) is 3.56. The molecule has 2 aromatic rings. The molecule has 2 atom stereocenters. The fourth-order valence-electron chi connectivity index (χ4n) is 4.78. The molecule has 1 aromatic carbocycles. The van der Waals surface area contributed by atoms with Crippen LogP contribution in [0.4, 0.5) is 22.8 Å².